The lowest BCUT2D eigenvalue weighted by Gasteiger charge is -2.28. The molecule has 7 heteroatoms. The minimum absolute atomic E-state index is 0.0558. The molecule has 1 aromatic carbocycles. The number of hydrogen-bond acceptors (Lipinski definition) is 4. The van der Waals surface area contributed by atoms with Gasteiger partial charge < -0.3 is 10.4 Å². The van der Waals surface area contributed by atoms with Crippen LogP contribution in [0.5, 0.6) is 0 Å². The van der Waals surface area contributed by atoms with Crippen LogP contribution in [-0.2, 0) is 0 Å². The van der Waals surface area contributed by atoms with Crippen LogP contribution in [0.2, 0.25) is 5.02 Å². The van der Waals surface area contributed by atoms with Crippen LogP contribution in [0.15, 0.2) is 18.2 Å². The molecule has 6 nitrogen and oxygen atoms in total. The van der Waals surface area contributed by atoms with Gasteiger partial charge in [-0.2, -0.15) is 0 Å². The molecule has 1 aliphatic carbocycles. The molecule has 0 bridgehead atoms. The number of carbonyl (C=O) groups is 1. The Bertz CT molecular complexity index is 559. The van der Waals surface area contributed by atoms with E-state index in [0.717, 1.165) is 18.9 Å². The third kappa shape index (κ3) is 2.91. The largest absolute Gasteiger partial charge is 0.394 e. The van der Waals surface area contributed by atoms with Crippen LogP contribution in [0, 0.1) is 16.0 Å². The van der Waals surface area contributed by atoms with Gasteiger partial charge in [-0.15, -0.1) is 0 Å². The van der Waals surface area contributed by atoms with Crippen molar-refractivity contribution in [3.05, 3.63) is 38.9 Å². The molecular weight excluding hydrogens is 284 g/mol. The minimum Gasteiger partial charge on any atom is -0.394 e. The van der Waals surface area contributed by atoms with Gasteiger partial charge in [-0.1, -0.05) is 11.6 Å². The van der Waals surface area contributed by atoms with Crippen molar-refractivity contribution in [1.82, 2.24) is 5.32 Å². The average Bonchev–Trinajstić information content (AvgIpc) is 3.22. The third-order valence-corrected chi connectivity index (χ3v) is 3.84. The van der Waals surface area contributed by atoms with Crippen LogP contribution in [-0.4, -0.2) is 28.1 Å². The summed E-state index contributed by atoms with van der Waals surface area (Å²) in [4.78, 5) is 22.6. The summed E-state index contributed by atoms with van der Waals surface area (Å²) in [5, 5.41) is 23.3. The summed E-state index contributed by atoms with van der Waals surface area (Å²) < 4.78 is 0. The molecule has 2 N–H and O–H groups in total. The Morgan fingerprint density at radius 2 is 2.25 bits per heavy atom. The molecule has 1 unspecified atom stereocenters. The van der Waals surface area contributed by atoms with Crippen molar-refractivity contribution in [2.45, 2.75) is 25.3 Å². The number of nitro benzene ring substituents is 1. The summed E-state index contributed by atoms with van der Waals surface area (Å²) in [7, 11) is 0. The first-order valence-corrected chi connectivity index (χ1v) is 6.62. The van der Waals surface area contributed by atoms with Gasteiger partial charge in [0.05, 0.1) is 17.1 Å². The fourth-order valence-electron chi connectivity index (χ4n) is 2.17. The normalized spacial score (nSPS) is 17.4. The highest BCUT2D eigenvalue weighted by molar-refractivity contribution is 6.31. The molecule has 0 aromatic heterocycles. The Hall–Kier alpha value is -1.66. The van der Waals surface area contributed by atoms with Crippen molar-refractivity contribution >= 4 is 23.2 Å². The van der Waals surface area contributed by atoms with Gasteiger partial charge in [0.2, 0.25) is 0 Å². The third-order valence-electron chi connectivity index (χ3n) is 3.61. The molecular formula is C13H15ClN2O4. The lowest BCUT2D eigenvalue weighted by atomic mass is 9.96. The Morgan fingerprint density at radius 3 is 2.75 bits per heavy atom. The van der Waals surface area contributed by atoms with E-state index >= 15 is 0 Å². The average molecular weight is 299 g/mol. The predicted octanol–water partition coefficient (Wildman–Crippen LogP) is 2.14. The van der Waals surface area contributed by atoms with Crippen LogP contribution < -0.4 is 5.32 Å². The first-order chi connectivity index (χ1) is 9.37. The molecule has 2 rings (SSSR count). The number of nitrogens with one attached hydrogen (secondary N) is 1. The molecule has 1 aromatic rings. The molecule has 1 amide bonds. The van der Waals surface area contributed by atoms with Gasteiger partial charge in [-0.05, 0) is 37.8 Å². The Morgan fingerprint density at radius 1 is 1.60 bits per heavy atom. The Labute approximate surface area is 120 Å². The Balaban J connectivity index is 2.27. The van der Waals surface area contributed by atoms with Gasteiger partial charge in [-0.3, -0.25) is 14.9 Å². The minimum atomic E-state index is -0.745. The summed E-state index contributed by atoms with van der Waals surface area (Å²) in [6.07, 6.45) is 1.86. The summed E-state index contributed by atoms with van der Waals surface area (Å²) >= 11 is 5.71. The van der Waals surface area contributed by atoms with E-state index in [1.54, 1.807) is 6.92 Å². The summed E-state index contributed by atoms with van der Waals surface area (Å²) in [5.41, 5.74) is -1.14. The van der Waals surface area contributed by atoms with E-state index in [0.29, 0.717) is 0 Å². The number of carbonyl (C=O) groups excluding carboxylic acids is 1. The van der Waals surface area contributed by atoms with Crippen LogP contribution in [0.3, 0.4) is 0 Å². The number of aliphatic hydroxyl groups excluding tert-OH is 1. The number of nitro groups is 1. The standard InChI is InChI=1S/C13H15ClN2O4/c1-13(7-17,8-2-3-8)15-12(18)10-5-4-9(14)6-11(10)16(19)20/h4-6,8,17H,2-3,7H2,1H3,(H,15,18). The number of halogens is 1. The van der Waals surface area contributed by atoms with Crippen LogP contribution >= 0.6 is 11.6 Å². The summed E-state index contributed by atoms with van der Waals surface area (Å²) in [6, 6.07) is 3.89. The lowest BCUT2D eigenvalue weighted by molar-refractivity contribution is -0.385. The van der Waals surface area contributed by atoms with Gasteiger partial charge in [-0.25, -0.2) is 0 Å². The van der Waals surface area contributed by atoms with E-state index in [-0.39, 0.29) is 28.8 Å². The SMILES string of the molecule is CC(CO)(NC(=O)c1ccc(Cl)cc1[N+](=O)[O-])C1CC1. The zero-order chi connectivity index (χ0) is 14.9. The van der Waals surface area contributed by atoms with E-state index in [4.69, 9.17) is 11.6 Å². The maximum absolute atomic E-state index is 12.2. The molecule has 0 spiro atoms. The van der Waals surface area contributed by atoms with Crippen molar-refractivity contribution in [1.29, 1.82) is 0 Å². The summed E-state index contributed by atoms with van der Waals surface area (Å²) in [6.45, 7) is 1.54. The van der Waals surface area contributed by atoms with Gasteiger partial charge >= 0.3 is 0 Å². The second kappa shape index (κ2) is 5.38. The van der Waals surface area contributed by atoms with Crippen LogP contribution in [0.1, 0.15) is 30.1 Å². The van der Waals surface area contributed by atoms with Crippen LogP contribution in [0.4, 0.5) is 5.69 Å². The molecule has 1 aliphatic rings. The van der Waals surface area contributed by atoms with Gasteiger partial charge in [0.25, 0.3) is 11.6 Å². The van der Waals surface area contributed by atoms with E-state index in [1.807, 2.05) is 0 Å². The van der Waals surface area contributed by atoms with Crippen molar-refractivity contribution < 1.29 is 14.8 Å². The number of aliphatic hydroxyl groups is 1. The van der Waals surface area contributed by atoms with Gasteiger partial charge in [0.15, 0.2) is 0 Å². The highest BCUT2D eigenvalue weighted by atomic mass is 35.5. The molecule has 0 radical (unpaired) electrons. The zero-order valence-corrected chi connectivity index (χ0v) is 11.7. The Kier molecular flexibility index (Phi) is 3.96. The molecule has 108 valence electrons. The monoisotopic (exact) mass is 298 g/mol. The molecule has 20 heavy (non-hydrogen) atoms. The maximum Gasteiger partial charge on any atom is 0.283 e. The molecule has 1 atom stereocenters. The molecule has 1 saturated carbocycles. The zero-order valence-electron chi connectivity index (χ0n) is 10.9. The second-order valence-electron chi connectivity index (χ2n) is 5.22. The fourth-order valence-corrected chi connectivity index (χ4v) is 2.33. The number of nitrogens with zero attached hydrogens (tertiary/aromatic N) is 1. The van der Waals surface area contributed by atoms with E-state index in [2.05, 4.69) is 5.32 Å². The van der Waals surface area contributed by atoms with Crippen molar-refractivity contribution in [2.75, 3.05) is 6.61 Å². The molecule has 1 fully saturated rings. The number of hydrogen-bond donors (Lipinski definition) is 2. The summed E-state index contributed by atoms with van der Waals surface area (Å²) in [5.74, 6) is -0.361. The highest BCUT2D eigenvalue weighted by Crippen LogP contribution is 2.39. The van der Waals surface area contributed by atoms with E-state index in [1.165, 1.54) is 12.1 Å². The maximum atomic E-state index is 12.2. The quantitative estimate of drug-likeness (QED) is 0.643. The highest BCUT2D eigenvalue weighted by Gasteiger charge is 2.42. The predicted molar refractivity (Wildman–Crippen MR) is 73.8 cm³/mol. The first-order valence-electron chi connectivity index (χ1n) is 6.24. The lowest BCUT2D eigenvalue weighted by Crippen LogP contribution is -2.50. The first kappa shape index (κ1) is 14.7. The molecule has 0 heterocycles. The van der Waals surface area contributed by atoms with Crippen molar-refractivity contribution in [2.24, 2.45) is 5.92 Å². The molecule has 0 saturated heterocycles. The van der Waals surface area contributed by atoms with Crippen molar-refractivity contribution in [3.63, 3.8) is 0 Å². The van der Waals surface area contributed by atoms with E-state index in [9.17, 15) is 20.0 Å². The topological polar surface area (TPSA) is 92.5 Å². The fraction of sp³-hybridized carbons (Fsp3) is 0.462. The van der Waals surface area contributed by atoms with Gasteiger partial charge in [0.1, 0.15) is 5.56 Å². The molecule has 0 aliphatic heterocycles. The van der Waals surface area contributed by atoms with E-state index < -0.39 is 16.4 Å². The smallest absolute Gasteiger partial charge is 0.283 e. The number of benzene rings is 1. The number of rotatable bonds is 5. The van der Waals surface area contributed by atoms with Gasteiger partial charge in [0, 0.05) is 11.1 Å². The second-order valence-corrected chi connectivity index (χ2v) is 5.66. The van der Waals surface area contributed by atoms with Crippen LogP contribution in [0.25, 0.3) is 0 Å². The van der Waals surface area contributed by atoms with Crippen molar-refractivity contribution in [3.8, 4) is 0 Å². The number of amides is 1.